The molecular weight excluding hydrogens is 1090 g/mol. The zero-order valence-electron chi connectivity index (χ0n) is 48.7. The zero-order chi connectivity index (χ0) is 58.7. The van der Waals surface area contributed by atoms with E-state index in [1.807, 2.05) is 0 Å². The van der Waals surface area contributed by atoms with Crippen molar-refractivity contribution in [1.29, 1.82) is 0 Å². The molecule has 2 heteroatoms. The van der Waals surface area contributed by atoms with Crippen LogP contribution in [0.3, 0.4) is 0 Å². The van der Waals surface area contributed by atoms with Crippen LogP contribution in [-0.2, 0) is 0 Å². The molecule has 2 heterocycles. The van der Waals surface area contributed by atoms with E-state index in [2.05, 4.69) is 303 Å². The quantitative estimate of drug-likeness (QED) is 0.127. The van der Waals surface area contributed by atoms with E-state index in [4.69, 9.17) is 8.83 Å². The van der Waals surface area contributed by atoms with Crippen LogP contribution in [0.1, 0.15) is 0 Å². The zero-order valence-corrected chi connectivity index (χ0v) is 48.7. The molecule has 0 radical (unpaired) electrons. The third-order valence-corrected chi connectivity index (χ3v) is 19.7. The second kappa shape index (κ2) is 18.8. The first-order chi connectivity index (χ1) is 44.6. The fourth-order valence-corrected chi connectivity index (χ4v) is 15.7. The predicted octanol–water partition coefficient (Wildman–Crippen LogP) is 25.4. The standard InChI is InChI=1S/C88H50O2/c1-2-17-54-49-83-79(44-53(54)16-1)77-47-59(37-41-81(77)89-83)86-69-22-7-5-20-67(69)85(68-21-6-8-23-70(68)86)58-34-32-52-31-33-56-43-57(36-39-63(56)75(52)46-58)62-28-13-18-55-45-80-78-48-60(38-42-82(78)90-84(80)50-76(55)62)87-71-24-9-11-26-73(71)88(74-27-12-10-25-72(74)87)66-30-14-29-64-61-19-4-3-15-51(61)35-40-65(64)66/h1-50H. The number of fused-ring (bicyclic) bond motifs is 18. The SMILES string of the molecule is c1ccc2cc3c(cc2c1)oc1ccc(-c2c4ccccc4c(-c4ccc5ccc6cc(-c7cccc8cc9c(cc78)oc7ccc(-c8c%10ccccc%10c(-c%10cccc%11c%10ccc%10ccccc%10%11)c%10ccccc8%10)cc79)ccc6c5c4)c4ccccc24)cc13. The molecule has 2 aromatic heterocycles. The highest BCUT2D eigenvalue weighted by atomic mass is 16.3. The van der Waals surface area contributed by atoms with Crippen LogP contribution in [0.15, 0.2) is 312 Å². The van der Waals surface area contributed by atoms with Crippen LogP contribution in [0.4, 0.5) is 0 Å². The molecule has 0 fully saturated rings. The van der Waals surface area contributed by atoms with Gasteiger partial charge in [-0.3, -0.25) is 0 Å². The van der Waals surface area contributed by atoms with Crippen molar-refractivity contribution < 1.29 is 8.83 Å². The van der Waals surface area contributed by atoms with Crippen LogP contribution in [0, 0.1) is 0 Å². The summed E-state index contributed by atoms with van der Waals surface area (Å²) in [5, 5.41) is 29.0. The van der Waals surface area contributed by atoms with Crippen molar-refractivity contribution in [3.05, 3.63) is 303 Å². The van der Waals surface area contributed by atoms with Gasteiger partial charge < -0.3 is 8.83 Å². The van der Waals surface area contributed by atoms with E-state index in [9.17, 15) is 0 Å². The number of hydrogen-bond donors (Lipinski definition) is 0. The van der Waals surface area contributed by atoms with Gasteiger partial charge in [-0.25, -0.2) is 0 Å². The molecular formula is C88H50O2. The lowest BCUT2D eigenvalue weighted by molar-refractivity contribution is 0.669. The molecule has 18 aromatic carbocycles. The number of benzene rings is 18. The molecule has 0 atom stereocenters. The first kappa shape index (κ1) is 49.3. The summed E-state index contributed by atoms with van der Waals surface area (Å²) in [6, 6.07) is 112. The van der Waals surface area contributed by atoms with Gasteiger partial charge in [0.1, 0.15) is 22.3 Å². The topological polar surface area (TPSA) is 26.3 Å². The van der Waals surface area contributed by atoms with Gasteiger partial charge in [-0.05, 0) is 224 Å². The summed E-state index contributed by atoms with van der Waals surface area (Å²) in [6.45, 7) is 0. The minimum absolute atomic E-state index is 0.878. The van der Waals surface area contributed by atoms with Gasteiger partial charge in [-0.2, -0.15) is 0 Å². The van der Waals surface area contributed by atoms with Gasteiger partial charge in [-0.1, -0.05) is 243 Å². The summed E-state index contributed by atoms with van der Waals surface area (Å²) < 4.78 is 13.3. The molecule has 0 amide bonds. The van der Waals surface area contributed by atoms with Crippen molar-refractivity contribution in [2.75, 3.05) is 0 Å². The lowest BCUT2D eigenvalue weighted by atomic mass is 9.84. The Labute approximate surface area is 516 Å². The van der Waals surface area contributed by atoms with E-state index < -0.39 is 0 Å². The van der Waals surface area contributed by atoms with Crippen molar-refractivity contribution in [1.82, 2.24) is 0 Å². The fraction of sp³-hybridized carbons (Fsp3) is 0. The number of hydrogen-bond acceptors (Lipinski definition) is 2. The second-order valence-corrected chi connectivity index (χ2v) is 24.5. The summed E-state index contributed by atoms with van der Waals surface area (Å²) in [5.74, 6) is 0. The lowest BCUT2D eigenvalue weighted by Crippen LogP contribution is -1.91. The van der Waals surface area contributed by atoms with E-state index in [1.165, 1.54) is 158 Å². The van der Waals surface area contributed by atoms with Crippen molar-refractivity contribution in [2.24, 2.45) is 0 Å². The van der Waals surface area contributed by atoms with E-state index in [0.717, 1.165) is 49.3 Å². The minimum atomic E-state index is 0.878. The monoisotopic (exact) mass is 1140 g/mol. The molecule has 2 nitrogen and oxygen atoms in total. The van der Waals surface area contributed by atoms with Crippen LogP contribution >= 0.6 is 0 Å². The molecule has 20 aromatic rings. The van der Waals surface area contributed by atoms with Crippen LogP contribution < -0.4 is 0 Å². The van der Waals surface area contributed by atoms with Crippen molar-refractivity contribution in [3.8, 4) is 55.6 Å². The Morgan fingerprint density at radius 2 is 0.511 bits per heavy atom. The van der Waals surface area contributed by atoms with E-state index in [-0.39, 0.29) is 0 Å². The molecule has 0 bridgehead atoms. The highest BCUT2D eigenvalue weighted by Gasteiger charge is 2.23. The molecule has 0 aliphatic heterocycles. The van der Waals surface area contributed by atoms with Crippen molar-refractivity contribution in [3.63, 3.8) is 0 Å². The highest BCUT2D eigenvalue weighted by molar-refractivity contribution is 6.27. The van der Waals surface area contributed by atoms with Crippen LogP contribution in [0.5, 0.6) is 0 Å². The number of furan rings is 2. The normalized spacial score (nSPS) is 12.2. The maximum absolute atomic E-state index is 6.85. The Balaban J connectivity index is 0.688. The van der Waals surface area contributed by atoms with E-state index in [1.54, 1.807) is 0 Å². The summed E-state index contributed by atoms with van der Waals surface area (Å²) in [5.41, 5.74) is 15.7. The molecule has 0 N–H and O–H groups in total. The summed E-state index contributed by atoms with van der Waals surface area (Å²) in [7, 11) is 0. The highest BCUT2D eigenvalue weighted by Crippen LogP contribution is 2.50. The first-order valence-corrected chi connectivity index (χ1v) is 31.1. The lowest BCUT2D eigenvalue weighted by Gasteiger charge is -2.19. The first-order valence-electron chi connectivity index (χ1n) is 31.1. The van der Waals surface area contributed by atoms with Crippen LogP contribution in [-0.4, -0.2) is 0 Å². The Hall–Kier alpha value is -11.8. The van der Waals surface area contributed by atoms with Gasteiger partial charge in [0, 0.05) is 21.5 Å². The largest absolute Gasteiger partial charge is 0.456 e. The van der Waals surface area contributed by atoms with Crippen LogP contribution in [0.25, 0.3) is 207 Å². The average molecular weight is 1140 g/mol. The van der Waals surface area contributed by atoms with Gasteiger partial charge >= 0.3 is 0 Å². The molecule has 0 spiro atoms. The Morgan fingerprint density at radius 1 is 0.144 bits per heavy atom. The Kier molecular flexibility index (Phi) is 10.3. The molecule has 0 saturated carbocycles. The second-order valence-electron chi connectivity index (χ2n) is 24.5. The van der Waals surface area contributed by atoms with E-state index in [0.29, 0.717) is 0 Å². The molecule has 20 rings (SSSR count). The van der Waals surface area contributed by atoms with Crippen molar-refractivity contribution in [2.45, 2.75) is 0 Å². The third kappa shape index (κ3) is 7.22. The molecule has 0 saturated heterocycles. The molecule has 0 aliphatic carbocycles. The Morgan fingerprint density at radius 3 is 1.12 bits per heavy atom. The maximum Gasteiger partial charge on any atom is 0.136 e. The third-order valence-electron chi connectivity index (χ3n) is 19.7. The summed E-state index contributed by atoms with van der Waals surface area (Å²) in [4.78, 5) is 0. The smallest absolute Gasteiger partial charge is 0.136 e. The van der Waals surface area contributed by atoms with Gasteiger partial charge in [0.05, 0.1) is 0 Å². The predicted molar refractivity (Wildman–Crippen MR) is 383 cm³/mol. The summed E-state index contributed by atoms with van der Waals surface area (Å²) in [6.07, 6.45) is 0. The maximum atomic E-state index is 6.85. The van der Waals surface area contributed by atoms with E-state index >= 15 is 0 Å². The van der Waals surface area contributed by atoms with Crippen LogP contribution in [0.2, 0.25) is 0 Å². The van der Waals surface area contributed by atoms with Gasteiger partial charge in [0.15, 0.2) is 0 Å². The average Bonchev–Trinajstić information content (AvgIpc) is 0.785. The van der Waals surface area contributed by atoms with Gasteiger partial charge in [0.2, 0.25) is 0 Å². The molecule has 414 valence electrons. The van der Waals surface area contributed by atoms with Crippen molar-refractivity contribution >= 4 is 152 Å². The molecule has 90 heavy (non-hydrogen) atoms. The summed E-state index contributed by atoms with van der Waals surface area (Å²) >= 11 is 0. The molecule has 0 aliphatic rings. The fourth-order valence-electron chi connectivity index (χ4n) is 15.7. The number of rotatable bonds is 5. The minimum Gasteiger partial charge on any atom is -0.456 e. The van der Waals surface area contributed by atoms with Gasteiger partial charge in [-0.15, -0.1) is 0 Å². The Bertz CT molecular complexity index is 6420. The van der Waals surface area contributed by atoms with Gasteiger partial charge in [0.25, 0.3) is 0 Å². The molecule has 0 unspecified atom stereocenters.